The van der Waals surface area contributed by atoms with Gasteiger partial charge >= 0.3 is 0 Å². The smallest absolute Gasteiger partial charge is 0.238 e. The van der Waals surface area contributed by atoms with Gasteiger partial charge in [-0.15, -0.1) is 0 Å². The molecule has 2 aromatic carbocycles. The van der Waals surface area contributed by atoms with Crippen molar-refractivity contribution in [1.82, 2.24) is 4.98 Å². The topological polar surface area (TPSA) is 48.1 Å². The first-order chi connectivity index (χ1) is 10.2. The zero-order valence-electron chi connectivity index (χ0n) is 11.0. The van der Waals surface area contributed by atoms with Crippen LogP contribution in [-0.2, 0) is 6.54 Å². The van der Waals surface area contributed by atoms with E-state index in [0.29, 0.717) is 23.2 Å². The van der Waals surface area contributed by atoms with Gasteiger partial charge in [-0.05, 0) is 44.4 Å². The maximum absolute atomic E-state index is 6.17. The van der Waals surface area contributed by atoms with Gasteiger partial charge in [0.25, 0.3) is 0 Å². The normalized spacial score (nSPS) is 10.8. The van der Waals surface area contributed by atoms with Crippen molar-refractivity contribution < 1.29 is 4.74 Å². The van der Waals surface area contributed by atoms with Crippen LogP contribution in [0.25, 0.3) is 10.8 Å². The van der Waals surface area contributed by atoms with Crippen LogP contribution in [-0.4, -0.2) is 4.98 Å². The number of hydrogen-bond acceptors (Lipinski definition) is 3. The van der Waals surface area contributed by atoms with Crippen molar-refractivity contribution in [2.75, 3.05) is 0 Å². The average Bonchev–Trinajstić information content (AvgIpc) is 2.52. The highest BCUT2D eigenvalue weighted by molar-refractivity contribution is 9.10. The van der Waals surface area contributed by atoms with Crippen LogP contribution in [0.1, 0.15) is 5.56 Å². The number of halogens is 2. The van der Waals surface area contributed by atoms with Crippen LogP contribution in [0.2, 0.25) is 5.02 Å². The molecule has 0 saturated carbocycles. The Hall–Kier alpha value is -1.62. The standard InChI is InChI=1S/C16H12BrClN2O/c17-15-12-4-2-1-3-11(12)5-6-14(15)21-16-13(18)7-10(8-19)9-20-16/h1-7,9H,8,19H2. The van der Waals surface area contributed by atoms with E-state index in [0.717, 1.165) is 20.8 Å². The molecule has 0 atom stereocenters. The molecule has 0 aliphatic rings. The minimum absolute atomic E-state index is 0.366. The van der Waals surface area contributed by atoms with E-state index in [1.54, 1.807) is 12.3 Å². The lowest BCUT2D eigenvalue weighted by Gasteiger charge is -2.11. The van der Waals surface area contributed by atoms with Crippen molar-refractivity contribution >= 4 is 38.3 Å². The van der Waals surface area contributed by atoms with Crippen molar-refractivity contribution in [3.05, 3.63) is 63.7 Å². The van der Waals surface area contributed by atoms with Crippen LogP contribution in [0.5, 0.6) is 11.6 Å². The molecule has 0 unspecified atom stereocenters. The lowest BCUT2D eigenvalue weighted by Crippen LogP contribution is -1.98. The third kappa shape index (κ3) is 2.88. The number of ether oxygens (including phenoxy) is 1. The fourth-order valence-electron chi connectivity index (χ4n) is 2.05. The lowest BCUT2D eigenvalue weighted by atomic mass is 10.1. The summed E-state index contributed by atoms with van der Waals surface area (Å²) in [6.07, 6.45) is 1.66. The highest BCUT2D eigenvalue weighted by atomic mass is 79.9. The van der Waals surface area contributed by atoms with Gasteiger partial charge in [-0.2, -0.15) is 0 Å². The second-order valence-electron chi connectivity index (χ2n) is 4.54. The molecule has 0 fully saturated rings. The van der Waals surface area contributed by atoms with Crippen LogP contribution in [0.15, 0.2) is 53.1 Å². The molecule has 0 radical (unpaired) electrons. The Kier molecular flexibility index (Phi) is 4.10. The molecule has 3 aromatic rings. The SMILES string of the molecule is NCc1cnc(Oc2ccc3ccccc3c2Br)c(Cl)c1. The van der Waals surface area contributed by atoms with Gasteiger partial charge < -0.3 is 10.5 Å². The molecule has 1 aromatic heterocycles. The summed E-state index contributed by atoms with van der Waals surface area (Å²) in [4.78, 5) is 4.21. The summed E-state index contributed by atoms with van der Waals surface area (Å²) >= 11 is 9.75. The van der Waals surface area contributed by atoms with Crippen molar-refractivity contribution in [2.24, 2.45) is 5.73 Å². The summed E-state index contributed by atoms with van der Waals surface area (Å²) < 4.78 is 6.69. The fourth-order valence-corrected chi connectivity index (χ4v) is 2.85. The van der Waals surface area contributed by atoms with Crippen LogP contribution >= 0.6 is 27.5 Å². The Morgan fingerprint density at radius 1 is 1.19 bits per heavy atom. The second-order valence-corrected chi connectivity index (χ2v) is 5.74. The molecule has 5 heteroatoms. The van der Waals surface area contributed by atoms with Gasteiger partial charge in [-0.25, -0.2) is 4.98 Å². The van der Waals surface area contributed by atoms with Crippen molar-refractivity contribution in [3.8, 4) is 11.6 Å². The van der Waals surface area contributed by atoms with Gasteiger partial charge in [0, 0.05) is 12.7 Å². The first-order valence-electron chi connectivity index (χ1n) is 6.38. The first kappa shape index (κ1) is 14.3. The van der Waals surface area contributed by atoms with Gasteiger partial charge in [0.05, 0.1) is 4.47 Å². The molecule has 3 nitrogen and oxygen atoms in total. The number of nitrogens with zero attached hydrogens (tertiary/aromatic N) is 1. The van der Waals surface area contributed by atoms with Gasteiger partial charge in [0.15, 0.2) is 0 Å². The van der Waals surface area contributed by atoms with E-state index >= 15 is 0 Å². The number of pyridine rings is 1. The molecule has 0 aliphatic carbocycles. The molecular weight excluding hydrogens is 352 g/mol. The van der Waals surface area contributed by atoms with Crippen molar-refractivity contribution in [2.45, 2.75) is 6.54 Å². The van der Waals surface area contributed by atoms with Crippen LogP contribution in [0, 0.1) is 0 Å². The molecule has 106 valence electrons. The predicted molar refractivity (Wildman–Crippen MR) is 88.9 cm³/mol. The Morgan fingerprint density at radius 2 is 2.00 bits per heavy atom. The van der Waals surface area contributed by atoms with E-state index in [1.165, 1.54) is 0 Å². The zero-order chi connectivity index (χ0) is 14.8. The molecule has 21 heavy (non-hydrogen) atoms. The third-order valence-corrected chi connectivity index (χ3v) is 4.22. The molecule has 0 spiro atoms. The summed E-state index contributed by atoms with van der Waals surface area (Å²) in [6, 6.07) is 13.7. The molecule has 1 heterocycles. The Bertz CT molecular complexity index is 807. The Morgan fingerprint density at radius 3 is 2.76 bits per heavy atom. The maximum Gasteiger partial charge on any atom is 0.238 e. The van der Waals surface area contributed by atoms with E-state index in [1.807, 2.05) is 36.4 Å². The molecule has 2 N–H and O–H groups in total. The van der Waals surface area contributed by atoms with Crippen LogP contribution < -0.4 is 10.5 Å². The fraction of sp³-hybridized carbons (Fsp3) is 0.0625. The molecule has 3 rings (SSSR count). The number of fused-ring (bicyclic) bond motifs is 1. The molecule has 0 aliphatic heterocycles. The number of rotatable bonds is 3. The largest absolute Gasteiger partial charge is 0.436 e. The van der Waals surface area contributed by atoms with E-state index < -0.39 is 0 Å². The summed E-state index contributed by atoms with van der Waals surface area (Å²) in [5.41, 5.74) is 6.43. The number of aromatic nitrogens is 1. The molecule has 0 amide bonds. The van der Waals surface area contributed by atoms with Gasteiger partial charge in [-0.1, -0.05) is 41.9 Å². The minimum atomic E-state index is 0.366. The minimum Gasteiger partial charge on any atom is -0.436 e. The monoisotopic (exact) mass is 362 g/mol. The van der Waals surface area contributed by atoms with Gasteiger partial charge in [0.2, 0.25) is 5.88 Å². The van der Waals surface area contributed by atoms with E-state index in [4.69, 9.17) is 22.1 Å². The summed E-state index contributed by atoms with van der Waals surface area (Å²) in [5, 5.41) is 2.65. The maximum atomic E-state index is 6.17. The zero-order valence-corrected chi connectivity index (χ0v) is 13.4. The Labute approximate surface area is 135 Å². The van der Waals surface area contributed by atoms with E-state index in [-0.39, 0.29) is 0 Å². The van der Waals surface area contributed by atoms with E-state index in [2.05, 4.69) is 20.9 Å². The molecular formula is C16H12BrClN2O. The summed E-state index contributed by atoms with van der Waals surface area (Å²) in [6.45, 7) is 0.396. The average molecular weight is 364 g/mol. The van der Waals surface area contributed by atoms with Crippen LogP contribution in [0.3, 0.4) is 0 Å². The Balaban J connectivity index is 2.00. The van der Waals surface area contributed by atoms with Gasteiger partial charge in [0.1, 0.15) is 10.8 Å². The van der Waals surface area contributed by atoms with Gasteiger partial charge in [-0.3, -0.25) is 0 Å². The highest BCUT2D eigenvalue weighted by Crippen LogP contribution is 2.37. The number of hydrogen-bond donors (Lipinski definition) is 1. The number of nitrogens with two attached hydrogens (primary N) is 1. The highest BCUT2D eigenvalue weighted by Gasteiger charge is 2.10. The summed E-state index contributed by atoms with van der Waals surface area (Å²) in [7, 11) is 0. The van der Waals surface area contributed by atoms with Crippen molar-refractivity contribution in [3.63, 3.8) is 0 Å². The number of benzene rings is 2. The van der Waals surface area contributed by atoms with E-state index in [9.17, 15) is 0 Å². The molecule has 0 bridgehead atoms. The predicted octanol–water partition coefficient (Wildman–Crippen LogP) is 4.90. The van der Waals surface area contributed by atoms with Crippen molar-refractivity contribution in [1.29, 1.82) is 0 Å². The van der Waals surface area contributed by atoms with Crippen LogP contribution in [0.4, 0.5) is 0 Å². The first-order valence-corrected chi connectivity index (χ1v) is 7.55. The summed E-state index contributed by atoms with van der Waals surface area (Å²) in [5.74, 6) is 1.04. The lowest BCUT2D eigenvalue weighted by molar-refractivity contribution is 0.461. The quantitative estimate of drug-likeness (QED) is 0.720. The molecule has 0 saturated heterocycles. The third-order valence-electron chi connectivity index (χ3n) is 3.13. The second kappa shape index (κ2) is 6.02.